The summed E-state index contributed by atoms with van der Waals surface area (Å²) in [6.07, 6.45) is 2.04. The van der Waals surface area contributed by atoms with Gasteiger partial charge in [0.25, 0.3) is 5.91 Å². The summed E-state index contributed by atoms with van der Waals surface area (Å²) in [5.41, 5.74) is 3.56. The van der Waals surface area contributed by atoms with Crippen LogP contribution in [0.1, 0.15) is 40.8 Å². The molecule has 1 atom stereocenters. The molecule has 1 amide bonds. The van der Waals surface area contributed by atoms with Gasteiger partial charge in [-0.25, -0.2) is 4.98 Å². The third kappa shape index (κ3) is 2.58. The standard InChI is InChI=1S/C18H21N5O/c1-12-10-16(22(2)21-12)18(24)23-9-5-6-13(11-23)17-19-14-7-3-4-8-15(14)20-17/h3-4,7-8,10,13H,5-6,9,11H2,1-2H3,(H,19,20). The van der Waals surface area contributed by atoms with Crippen molar-refractivity contribution in [2.24, 2.45) is 7.05 Å². The molecule has 24 heavy (non-hydrogen) atoms. The predicted octanol–water partition coefficient (Wildman–Crippen LogP) is 2.62. The van der Waals surface area contributed by atoms with Crippen LogP contribution in [0.25, 0.3) is 11.0 Å². The van der Waals surface area contributed by atoms with E-state index in [1.54, 1.807) is 4.68 Å². The Morgan fingerprint density at radius 1 is 1.33 bits per heavy atom. The van der Waals surface area contributed by atoms with E-state index in [4.69, 9.17) is 4.98 Å². The molecule has 124 valence electrons. The zero-order chi connectivity index (χ0) is 16.7. The van der Waals surface area contributed by atoms with Crippen molar-refractivity contribution in [3.8, 4) is 0 Å². The summed E-state index contributed by atoms with van der Waals surface area (Å²) in [5, 5.41) is 4.28. The number of likely N-dealkylation sites (tertiary alicyclic amines) is 1. The Morgan fingerprint density at radius 2 is 2.17 bits per heavy atom. The van der Waals surface area contributed by atoms with Crippen LogP contribution in [0.3, 0.4) is 0 Å². The maximum atomic E-state index is 12.8. The number of benzene rings is 1. The zero-order valence-corrected chi connectivity index (χ0v) is 14.0. The fourth-order valence-corrected chi connectivity index (χ4v) is 3.52. The first-order chi connectivity index (χ1) is 11.6. The number of aromatic nitrogens is 4. The van der Waals surface area contributed by atoms with Crippen LogP contribution in [0.4, 0.5) is 0 Å². The number of carbonyl (C=O) groups excluding carboxylic acids is 1. The number of nitrogens with one attached hydrogen (secondary N) is 1. The van der Waals surface area contributed by atoms with Crippen LogP contribution in [0.5, 0.6) is 0 Å². The van der Waals surface area contributed by atoms with Gasteiger partial charge in [-0.3, -0.25) is 9.48 Å². The summed E-state index contributed by atoms with van der Waals surface area (Å²) < 4.78 is 1.67. The minimum absolute atomic E-state index is 0.0545. The van der Waals surface area contributed by atoms with Gasteiger partial charge in [-0.1, -0.05) is 12.1 Å². The SMILES string of the molecule is Cc1cc(C(=O)N2CCCC(c3nc4ccccc4[nH]3)C2)n(C)n1. The fourth-order valence-electron chi connectivity index (χ4n) is 3.52. The third-order valence-corrected chi connectivity index (χ3v) is 4.72. The summed E-state index contributed by atoms with van der Waals surface area (Å²) in [7, 11) is 1.82. The smallest absolute Gasteiger partial charge is 0.272 e. The van der Waals surface area contributed by atoms with E-state index >= 15 is 0 Å². The van der Waals surface area contributed by atoms with Gasteiger partial charge in [-0.05, 0) is 38.0 Å². The molecule has 0 spiro atoms. The maximum Gasteiger partial charge on any atom is 0.272 e. The number of para-hydroxylation sites is 2. The predicted molar refractivity (Wildman–Crippen MR) is 91.9 cm³/mol. The molecule has 3 aromatic rings. The molecule has 1 fully saturated rings. The highest BCUT2D eigenvalue weighted by atomic mass is 16.2. The molecule has 0 bridgehead atoms. The number of H-pyrrole nitrogens is 1. The van der Waals surface area contributed by atoms with E-state index in [2.05, 4.69) is 10.1 Å². The molecule has 1 aliphatic rings. The van der Waals surface area contributed by atoms with Gasteiger partial charge in [0.05, 0.1) is 16.7 Å². The van der Waals surface area contributed by atoms with Crippen molar-refractivity contribution in [2.75, 3.05) is 13.1 Å². The van der Waals surface area contributed by atoms with Gasteiger partial charge in [-0.2, -0.15) is 5.10 Å². The highest BCUT2D eigenvalue weighted by molar-refractivity contribution is 5.92. The lowest BCUT2D eigenvalue weighted by atomic mass is 9.97. The molecule has 3 heterocycles. The topological polar surface area (TPSA) is 66.8 Å². The first kappa shape index (κ1) is 14.9. The number of piperidine rings is 1. The number of rotatable bonds is 2. The summed E-state index contributed by atoms with van der Waals surface area (Å²) in [5.74, 6) is 1.29. The fraction of sp³-hybridized carbons (Fsp3) is 0.389. The van der Waals surface area contributed by atoms with Crippen LogP contribution in [0.15, 0.2) is 30.3 Å². The van der Waals surface area contributed by atoms with E-state index in [9.17, 15) is 4.79 Å². The molecule has 1 aliphatic heterocycles. The maximum absolute atomic E-state index is 12.8. The lowest BCUT2D eigenvalue weighted by molar-refractivity contribution is 0.0693. The first-order valence-electron chi connectivity index (χ1n) is 8.36. The lowest BCUT2D eigenvalue weighted by Gasteiger charge is -2.31. The van der Waals surface area contributed by atoms with Crippen molar-refractivity contribution in [1.29, 1.82) is 0 Å². The number of imidazole rings is 1. The molecular weight excluding hydrogens is 302 g/mol. The summed E-state index contributed by atoms with van der Waals surface area (Å²) in [4.78, 5) is 22.9. The Bertz CT molecular complexity index is 861. The molecule has 2 aromatic heterocycles. The lowest BCUT2D eigenvalue weighted by Crippen LogP contribution is -2.40. The molecule has 6 heteroatoms. The number of fused-ring (bicyclic) bond motifs is 1. The van der Waals surface area contributed by atoms with E-state index in [0.29, 0.717) is 12.2 Å². The number of carbonyl (C=O) groups is 1. The Labute approximate surface area is 140 Å². The monoisotopic (exact) mass is 323 g/mol. The minimum Gasteiger partial charge on any atom is -0.342 e. The van der Waals surface area contributed by atoms with E-state index in [1.807, 2.05) is 49.2 Å². The van der Waals surface area contributed by atoms with Gasteiger partial charge >= 0.3 is 0 Å². The Kier molecular flexibility index (Phi) is 3.59. The summed E-state index contributed by atoms with van der Waals surface area (Å²) in [6.45, 7) is 3.40. The van der Waals surface area contributed by atoms with E-state index in [-0.39, 0.29) is 11.8 Å². The van der Waals surface area contributed by atoms with Crippen molar-refractivity contribution < 1.29 is 4.79 Å². The molecule has 0 aliphatic carbocycles. The van der Waals surface area contributed by atoms with Crippen molar-refractivity contribution >= 4 is 16.9 Å². The normalized spacial score (nSPS) is 18.2. The van der Waals surface area contributed by atoms with Crippen LogP contribution < -0.4 is 0 Å². The molecular formula is C18H21N5O. The average Bonchev–Trinajstić information content (AvgIpc) is 3.17. The zero-order valence-electron chi connectivity index (χ0n) is 14.0. The van der Waals surface area contributed by atoms with Crippen LogP contribution in [0, 0.1) is 6.92 Å². The quantitative estimate of drug-likeness (QED) is 0.788. The number of amides is 1. The number of hydrogen-bond acceptors (Lipinski definition) is 3. The van der Waals surface area contributed by atoms with Crippen LogP contribution in [-0.2, 0) is 7.05 Å². The van der Waals surface area contributed by atoms with Crippen molar-refractivity contribution in [1.82, 2.24) is 24.6 Å². The highest BCUT2D eigenvalue weighted by Gasteiger charge is 2.28. The molecule has 4 rings (SSSR count). The molecule has 1 saturated heterocycles. The Morgan fingerprint density at radius 3 is 2.92 bits per heavy atom. The van der Waals surface area contributed by atoms with Gasteiger partial charge in [0.1, 0.15) is 11.5 Å². The number of aromatic amines is 1. The average molecular weight is 323 g/mol. The van der Waals surface area contributed by atoms with E-state index < -0.39 is 0 Å². The van der Waals surface area contributed by atoms with Gasteiger partial charge in [-0.15, -0.1) is 0 Å². The summed E-state index contributed by atoms with van der Waals surface area (Å²) >= 11 is 0. The van der Waals surface area contributed by atoms with Gasteiger partial charge in [0, 0.05) is 26.1 Å². The number of aryl methyl sites for hydroxylation is 2. The number of nitrogens with zero attached hydrogens (tertiary/aromatic N) is 4. The van der Waals surface area contributed by atoms with Crippen LogP contribution in [-0.4, -0.2) is 43.6 Å². The second-order valence-corrected chi connectivity index (χ2v) is 6.52. The molecule has 0 radical (unpaired) electrons. The van der Waals surface area contributed by atoms with E-state index in [0.717, 1.165) is 41.9 Å². The largest absolute Gasteiger partial charge is 0.342 e. The van der Waals surface area contributed by atoms with E-state index in [1.165, 1.54) is 0 Å². The van der Waals surface area contributed by atoms with Crippen LogP contribution in [0.2, 0.25) is 0 Å². The minimum atomic E-state index is 0.0545. The van der Waals surface area contributed by atoms with Crippen molar-refractivity contribution in [3.05, 3.63) is 47.5 Å². The molecule has 1 N–H and O–H groups in total. The molecule has 1 aromatic carbocycles. The van der Waals surface area contributed by atoms with Crippen molar-refractivity contribution in [2.45, 2.75) is 25.7 Å². The first-order valence-corrected chi connectivity index (χ1v) is 8.36. The third-order valence-electron chi connectivity index (χ3n) is 4.72. The van der Waals surface area contributed by atoms with Crippen molar-refractivity contribution in [3.63, 3.8) is 0 Å². The van der Waals surface area contributed by atoms with Crippen LogP contribution >= 0.6 is 0 Å². The molecule has 6 nitrogen and oxygen atoms in total. The number of hydrogen-bond donors (Lipinski definition) is 1. The molecule has 0 saturated carbocycles. The Hall–Kier alpha value is -2.63. The van der Waals surface area contributed by atoms with Gasteiger partial charge in [0.15, 0.2) is 0 Å². The molecule has 1 unspecified atom stereocenters. The summed E-state index contributed by atoms with van der Waals surface area (Å²) in [6, 6.07) is 9.91. The van der Waals surface area contributed by atoms with Gasteiger partial charge < -0.3 is 9.88 Å². The Balaban J connectivity index is 1.57. The second kappa shape index (κ2) is 5.78. The highest BCUT2D eigenvalue weighted by Crippen LogP contribution is 2.27. The van der Waals surface area contributed by atoms with Gasteiger partial charge in [0.2, 0.25) is 0 Å². The second-order valence-electron chi connectivity index (χ2n) is 6.52.